The molecule has 0 aliphatic carbocycles. The molecule has 0 saturated carbocycles. The molecule has 0 aliphatic rings. The van der Waals surface area contributed by atoms with Crippen molar-refractivity contribution in [1.82, 2.24) is 9.55 Å². The van der Waals surface area contributed by atoms with Gasteiger partial charge in [-0.2, -0.15) is 0 Å². The molecule has 7 nitrogen and oxygen atoms in total. The fourth-order valence-electron chi connectivity index (χ4n) is 2.97. The Morgan fingerprint density at radius 2 is 1.84 bits per heavy atom. The van der Waals surface area contributed by atoms with E-state index in [1.165, 1.54) is 11.8 Å². The molecule has 0 radical (unpaired) electrons. The van der Waals surface area contributed by atoms with E-state index in [4.69, 9.17) is 32.7 Å². The Kier molecular flexibility index (Phi) is 8.06. The van der Waals surface area contributed by atoms with E-state index in [0.717, 1.165) is 5.56 Å². The Morgan fingerprint density at radius 1 is 1.12 bits per heavy atom. The number of rotatable bonds is 8. The summed E-state index contributed by atoms with van der Waals surface area (Å²) < 4.78 is 12.0. The predicted molar refractivity (Wildman–Crippen MR) is 126 cm³/mol. The van der Waals surface area contributed by atoms with Crippen LogP contribution in [0.1, 0.15) is 33.3 Å². The molecular formula is C22H21Cl2N3O4S. The van der Waals surface area contributed by atoms with Crippen LogP contribution in [0.5, 0.6) is 5.75 Å². The molecule has 0 aliphatic heterocycles. The minimum absolute atomic E-state index is 0.119. The van der Waals surface area contributed by atoms with Crippen LogP contribution in [0.15, 0.2) is 47.6 Å². The lowest BCUT2D eigenvalue weighted by Gasteiger charge is -2.12. The van der Waals surface area contributed by atoms with Crippen molar-refractivity contribution in [3.05, 3.63) is 69.3 Å². The standard InChI is InChI=1S/C22H21Cl2N3O4S/c1-4-31-21(29)18-19(25-20(28)14-6-8-15(30-2)9-7-14)26-22(32-3)27(18)12-13-5-10-16(23)17(24)11-13/h5-11H,4,12H2,1-3H3,(H,25,28). The molecule has 0 bridgehead atoms. The van der Waals surface area contributed by atoms with E-state index < -0.39 is 11.9 Å². The third-order valence-corrected chi connectivity index (χ3v) is 5.91. The minimum atomic E-state index is -0.592. The maximum absolute atomic E-state index is 12.8. The van der Waals surface area contributed by atoms with E-state index in [1.54, 1.807) is 55.0 Å². The van der Waals surface area contributed by atoms with Gasteiger partial charge in [0.1, 0.15) is 5.75 Å². The fraction of sp³-hybridized carbons (Fsp3) is 0.227. The molecule has 0 fully saturated rings. The van der Waals surface area contributed by atoms with Crippen molar-refractivity contribution in [3.63, 3.8) is 0 Å². The van der Waals surface area contributed by atoms with Crippen LogP contribution in [0, 0.1) is 0 Å². The van der Waals surface area contributed by atoms with Gasteiger partial charge in [-0.3, -0.25) is 4.79 Å². The van der Waals surface area contributed by atoms with Crippen molar-refractivity contribution in [1.29, 1.82) is 0 Å². The van der Waals surface area contributed by atoms with Gasteiger partial charge in [-0.15, -0.1) is 0 Å². The van der Waals surface area contributed by atoms with Crippen LogP contribution in [-0.4, -0.2) is 41.4 Å². The highest BCUT2D eigenvalue weighted by molar-refractivity contribution is 7.98. The first kappa shape index (κ1) is 24.0. The highest BCUT2D eigenvalue weighted by Crippen LogP contribution is 2.28. The second-order valence-corrected chi connectivity index (χ2v) is 8.12. The largest absolute Gasteiger partial charge is 0.497 e. The van der Waals surface area contributed by atoms with Crippen molar-refractivity contribution >= 4 is 52.7 Å². The molecule has 1 heterocycles. The van der Waals surface area contributed by atoms with Crippen LogP contribution in [0.4, 0.5) is 5.82 Å². The molecular weight excluding hydrogens is 473 g/mol. The number of imidazole rings is 1. The van der Waals surface area contributed by atoms with Crippen molar-refractivity contribution < 1.29 is 19.1 Å². The number of carbonyl (C=O) groups excluding carboxylic acids is 2. The normalized spacial score (nSPS) is 10.7. The number of aromatic nitrogens is 2. The predicted octanol–water partition coefficient (Wildman–Crippen LogP) is 5.40. The number of esters is 1. The van der Waals surface area contributed by atoms with Crippen LogP contribution in [-0.2, 0) is 11.3 Å². The number of ether oxygens (including phenoxy) is 2. The van der Waals surface area contributed by atoms with Crippen molar-refractivity contribution in [2.45, 2.75) is 18.6 Å². The summed E-state index contributed by atoms with van der Waals surface area (Å²) in [5.74, 6) is -0.256. The average molecular weight is 494 g/mol. The highest BCUT2D eigenvalue weighted by Gasteiger charge is 2.26. The summed E-state index contributed by atoms with van der Waals surface area (Å²) in [6, 6.07) is 11.8. The third kappa shape index (κ3) is 5.38. The number of amides is 1. The van der Waals surface area contributed by atoms with E-state index in [-0.39, 0.29) is 24.7 Å². The summed E-state index contributed by atoms with van der Waals surface area (Å²) >= 11 is 13.5. The first-order valence-corrected chi connectivity index (χ1v) is 11.6. The van der Waals surface area contributed by atoms with Gasteiger partial charge >= 0.3 is 5.97 Å². The number of carbonyl (C=O) groups is 2. The molecule has 0 saturated heterocycles. The van der Waals surface area contributed by atoms with E-state index in [0.29, 0.717) is 26.5 Å². The van der Waals surface area contributed by atoms with Gasteiger partial charge in [0.05, 0.1) is 30.3 Å². The zero-order valence-corrected chi connectivity index (χ0v) is 20.0. The number of hydrogen-bond donors (Lipinski definition) is 1. The number of halogens is 2. The minimum Gasteiger partial charge on any atom is -0.497 e. The summed E-state index contributed by atoms with van der Waals surface area (Å²) in [5, 5.41) is 4.10. The van der Waals surface area contributed by atoms with E-state index in [2.05, 4.69) is 10.3 Å². The van der Waals surface area contributed by atoms with Gasteiger partial charge < -0.3 is 19.4 Å². The number of anilines is 1. The second kappa shape index (κ2) is 10.8. The topological polar surface area (TPSA) is 82.4 Å². The second-order valence-electron chi connectivity index (χ2n) is 6.53. The highest BCUT2D eigenvalue weighted by atomic mass is 35.5. The molecule has 1 N–H and O–H groups in total. The molecule has 1 amide bonds. The molecule has 0 atom stereocenters. The van der Waals surface area contributed by atoms with Crippen LogP contribution < -0.4 is 10.1 Å². The Labute approximate surface area is 200 Å². The van der Waals surface area contributed by atoms with Crippen LogP contribution in [0.3, 0.4) is 0 Å². The number of thioether (sulfide) groups is 1. The average Bonchev–Trinajstić information content (AvgIpc) is 3.13. The van der Waals surface area contributed by atoms with Crippen LogP contribution in [0.25, 0.3) is 0 Å². The molecule has 0 spiro atoms. The summed E-state index contributed by atoms with van der Waals surface area (Å²) in [6.45, 7) is 2.17. The van der Waals surface area contributed by atoms with Gasteiger partial charge in [-0.25, -0.2) is 9.78 Å². The van der Waals surface area contributed by atoms with E-state index in [9.17, 15) is 9.59 Å². The third-order valence-electron chi connectivity index (χ3n) is 4.49. The van der Waals surface area contributed by atoms with Gasteiger partial charge in [0.2, 0.25) is 0 Å². The van der Waals surface area contributed by atoms with Gasteiger partial charge in [-0.05, 0) is 55.1 Å². The lowest BCUT2D eigenvalue weighted by molar-refractivity contribution is 0.0514. The number of nitrogens with zero attached hydrogens (tertiary/aromatic N) is 2. The molecule has 10 heteroatoms. The Morgan fingerprint density at radius 3 is 2.44 bits per heavy atom. The summed E-state index contributed by atoms with van der Waals surface area (Å²) in [6.07, 6.45) is 1.83. The van der Waals surface area contributed by atoms with E-state index >= 15 is 0 Å². The van der Waals surface area contributed by atoms with Crippen molar-refractivity contribution in [3.8, 4) is 5.75 Å². The molecule has 2 aromatic carbocycles. The quantitative estimate of drug-likeness (QED) is 0.334. The number of methoxy groups -OCH3 is 1. The summed E-state index contributed by atoms with van der Waals surface area (Å²) in [7, 11) is 1.55. The van der Waals surface area contributed by atoms with Gasteiger partial charge in [0.25, 0.3) is 5.91 Å². The Hall–Kier alpha value is -2.68. The number of benzene rings is 2. The smallest absolute Gasteiger partial charge is 0.358 e. The Bertz CT molecular complexity index is 1130. The summed E-state index contributed by atoms with van der Waals surface area (Å²) in [5.41, 5.74) is 1.35. The SMILES string of the molecule is CCOC(=O)c1c(NC(=O)c2ccc(OC)cc2)nc(SC)n1Cc1ccc(Cl)c(Cl)c1. The Balaban J connectivity index is 2.00. The fourth-order valence-corrected chi connectivity index (χ4v) is 3.85. The lowest BCUT2D eigenvalue weighted by atomic mass is 10.2. The summed E-state index contributed by atoms with van der Waals surface area (Å²) in [4.78, 5) is 30.1. The maximum atomic E-state index is 12.8. The molecule has 3 aromatic rings. The van der Waals surface area contributed by atoms with Gasteiger partial charge in [0.15, 0.2) is 16.7 Å². The van der Waals surface area contributed by atoms with Crippen LogP contribution >= 0.6 is 35.0 Å². The first-order chi connectivity index (χ1) is 15.4. The van der Waals surface area contributed by atoms with Crippen LogP contribution in [0.2, 0.25) is 10.0 Å². The zero-order chi connectivity index (χ0) is 23.3. The molecule has 32 heavy (non-hydrogen) atoms. The maximum Gasteiger partial charge on any atom is 0.358 e. The van der Waals surface area contributed by atoms with Crippen molar-refractivity contribution in [2.24, 2.45) is 0 Å². The molecule has 0 unspecified atom stereocenters. The monoisotopic (exact) mass is 493 g/mol. The molecule has 1 aromatic heterocycles. The van der Waals surface area contributed by atoms with Gasteiger partial charge in [0, 0.05) is 5.56 Å². The van der Waals surface area contributed by atoms with Gasteiger partial charge in [-0.1, -0.05) is 41.0 Å². The van der Waals surface area contributed by atoms with Crippen molar-refractivity contribution in [2.75, 3.05) is 25.3 Å². The number of nitrogens with one attached hydrogen (secondary N) is 1. The lowest BCUT2D eigenvalue weighted by Crippen LogP contribution is -2.18. The van der Waals surface area contributed by atoms with E-state index in [1.807, 2.05) is 12.3 Å². The zero-order valence-electron chi connectivity index (χ0n) is 17.6. The first-order valence-electron chi connectivity index (χ1n) is 9.58. The molecule has 168 valence electrons. The number of hydrogen-bond acceptors (Lipinski definition) is 6. The molecule has 3 rings (SSSR count).